The van der Waals surface area contributed by atoms with Crippen LogP contribution in [0.2, 0.25) is 0 Å². The Balaban J connectivity index is 1.67. The molecule has 0 aliphatic carbocycles. The zero-order valence-electron chi connectivity index (χ0n) is 11.5. The van der Waals surface area contributed by atoms with Gasteiger partial charge >= 0.3 is 0 Å². The molecule has 3 rings (SSSR count). The zero-order chi connectivity index (χ0) is 13.8. The third kappa shape index (κ3) is 3.08. The molecule has 1 saturated heterocycles. The molecule has 108 valence electrons. The molecule has 0 bridgehead atoms. The number of hydrogen-bond donors (Lipinski definition) is 1. The summed E-state index contributed by atoms with van der Waals surface area (Å²) < 4.78 is 5.34. The minimum Gasteiger partial charge on any atom is -0.334 e. The summed E-state index contributed by atoms with van der Waals surface area (Å²) in [6, 6.07) is 2.57. The van der Waals surface area contributed by atoms with Crippen molar-refractivity contribution < 1.29 is 4.52 Å². The predicted molar refractivity (Wildman–Crippen MR) is 79.3 cm³/mol. The first-order valence-electron chi connectivity index (χ1n) is 7.16. The molecule has 1 fully saturated rings. The first-order valence-corrected chi connectivity index (χ1v) is 8.10. The standard InChI is InChI=1S/C14H20N4OS/c15-6-4-12-3-1-2-7-18(12)9-13-16-14(19-17-13)11-5-8-20-10-11/h5,8,10,12H,1-4,6-7,9,15H2. The number of aromatic nitrogens is 2. The fraction of sp³-hybridized carbons (Fsp3) is 0.571. The summed E-state index contributed by atoms with van der Waals surface area (Å²) in [5.41, 5.74) is 6.71. The highest BCUT2D eigenvalue weighted by Gasteiger charge is 2.23. The number of likely N-dealkylation sites (tertiary alicyclic amines) is 1. The Bertz CT molecular complexity index is 523. The summed E-state index contributed by atoms with van der Waals surface area (Å²) in [6.07, 6.45) is 4.82. The second-order valence-corrected chi connectivity index (χ2v) is 6.01. The SMILES string of the molecule is NCCC1CCCCN1Cc1noc(-c2ccsc2)n1. The number of rotatable bonds is 5. The minimum absolute atomic E-state index is 0.567. The van der Waals surface area contributed by atoms with Gasteiger partial charge in [0, 0.05) is 11.4 Å². The Morgan fingerprint density at radius 2 is 2.40 bits per heavy atom. The first-order chi connectivity index (χ1) is 9.86. The highest BCUT2D eigenvalue weighted by molar-refractivity contribution is 7.08. The van der Waals surface area contributed by atoms with Gasteiger partial charge in [-0.15, -0.1) is 0 Å². The van der Waals surface area contributed by atoms with Gasteiger partial charge in [0.15, 0.2) is 5.82 Å². The maximum Gasteiger partial charge on any atom is 0.258 e. The lowest BCUT2D eigenvalue weighted by molar-refractivity contribution is 0.129. The third-order valence-electron chi connectivity index (χ3n) is 3.83. The lowest BCUT2D eigenvalue weighted by Gasteiger charge is -2.34. The highest BCUT2D eigenvalue weighted by Crippen LogP contribution is 2.23. The van der Waals surface area contributed by atoms with Crippen LogP contribution in [0.3, 0.4) is 0 Å². The lowest BCUT2D eigenvalue weighted by atomic mass is 9.99. The van der Waals surface area contributed by atoms with Crippen LogP contribution in [0, 0.1) is 0 Å². The molecule has 0 amide bonds. The molecular weight excluding hydrogens is 272 g/mol. The summed E-state index contributed by atoms with van der Waals surface area (Å²) >= 11 is 1.63. The molecule has 3 heterocycles. The van der Waals surface area contributed by atoms with Crippen molar-refractivity contribution >= 4 is 11.3 Å². The van der Waals surface area contributed by atoms with Crippen LogP contribution in [0.4, 0.5) is 0 Å². The van der Waals surface area contributed by atoms with E-state index in [9.17, 15) is 0 Å². The van der Waals surface area contributed by atoms with E-state index in [0.29, 0.717) is 11.9 Å². The molecule has 5 nitrogen and oxygen atoms in total. The maximum absolute atomic E-state index is 5.71. The number of hydrogen-bond acceptors (Lipinski definition) is 6. The minimum atomic E-state index is 0.567. The van der Waals surface area contributed by atoms with E-state index < -0.39 is 0 Å². The van der Waals surface area contributed by atoms with Crippen molar-refractivity contribution in [3.05, 3.63) is 22.7 Å². The molecule has 6 heteroatoms. The number of nitrogens with two attached hydrogens (primary N) is 1. The van der Waals surface area contributed by atoms with Crippen LogP contribution in [0.5, 0.6) is 0 Å². The van der Waals surface area contributed by atoms with Crippen LogP contribution in [0.15, 0.2) is 21.3 Å². The summed E-state index contributed by atoms with van der Waals surface area (Å²) in [5.74, 6) is 1.39. The van der Waals surface area contributed by atoms with Crippen LogP contribution in [0.25, 0.3) is 11.5 Å². The van der Waals surface area contributed by atoms with Crippen molar-refractivity contribution in [2.45, 2.75) is 38.3 Å². The van der Waals surface area contributed by atoms with Crippen molar-refractivity contribution in [2.75, 3.05) is 13.1 Å². The zero-order valence-corrected chi connectivity index (χ0v) is 12.3. The van der Waals surface area contributed by atoms with Gasteiger partial charge in [0.25, 0.3) is 5.89 Å². The quantitative estimate of drug-likeness (QED) is 0.917. The van der Waals surface area contributed by atoms with Gasteiger partial charge in [0.1, 0.15) is 0 Å². The van der Waals surface area contributed by atoms with Gasteiger partial charge in [0.05, 0.1) is 12.1 Å². The van der Waals surface area contributed by atoms with Crippen molar-refractivity contribution in [1.29, 1.82) is 0 Å². The number of nitrogens with zero attached hydrogens (tertiary/aromatic N) is 3. The van der Waals surface area contributed by atoms with E-state index >= 15 is 0 Å². The Morgan fingerprint density at radius 3 is 3.20 bits per heavy atom. The summed E-state index contributed by atoms with van der Waals surface area (Å²) in [4.78, 5) is 6.94. The third-order valence-corrected chi connectivity index (χ3v) is 4.51. The van der Waals surface area contributed by atoms with E-state index in [1.54, 1.807) is 11.3 Å². The number of piperidine rings is 1. The van der Waals surface area contributed by atoms with E-state index in [0.717, 1.165) is 37.4 Å². The Morgan fingerprint density at radius 1 is 1.45 bits per heavy atom. The van der Waals surface area contributed by atoms with Gasteiger partial charge in [-0.05, 0) is 43.8 Å². The molecule has 20 heavy (non-hydrogen) atoms. The second-order valence-electron chi connectivity index (χ2n) is 5.23. The topological polar surface area (TPSA) is 68.2 Å². The van der Waals surface area contributed by atoms with Crippen LogP contribution in [-0.2, 0) is 6.54 Å². The molecule has 1 aliphatic rings. The maximum atomic E-state index is 5.71. The fourth-order valence-corrected chi connectivity index (χ4v) is 3.42. The largest absolute Gasteiger partial charge is 0.334 e. The average Bonchev–Trinajstić information content (AvgIpc) is 3.12. The summed E-state index contributed by atoms with van der Waals surface area (Å²) in [7, 11) is 0. The van der Waals surface area contributed by atoms with Crippen LogP contribution < -0.4 is 5.73 Å². The lowest BCUT2D eigenvalue weighted by Crippen LogP contribution is -2.40. The monoisotopic (exact) mass is 292 g/mol. The predicted octanol–water partition coefficient (Wildman–Crippen LogP) is 2.50. The Kier molecular flexibility index (Phi) is 4.44. The van der Waals surface area contributed by atoms with Gasteiger partial charge in [0.2, 0.25) is 0 Å². The van der Waals surface area contributed by atoms with Crippen molar-refractivity contribution in [3.63, 3.8) is 0 Å². The molecule has 0 saturated carbocycles. The molecule has 0 radical (unpaired) electrons. The second kappa shape index (κ2) is 6.47. The van der Waals surface area contributed by atoms with Crippen molar-refractivity contribution in [1.82, 2.24) is 15.0 Å². The number of thiophene rings is 1. The van der Waals surface area contributed by atoms with Gasteiger partial charge in [-0.2, -0.15) is 16.3 Å². The molecule has 0 aromatic carbocycles. The highest BCUT2D eigenvalue weighted by atomic mass is 32.1. The van der Waals surface area contributed by atoms with E-state index in [1.807, 2.05) is 16.8 Å². The average molecular weight is 292 g/mol. The molecular formula is C14H20N4OS. The summed E-state index contributed by atoms with van der Waals surface area (Å²) in [6.45, 7) is 2.61. The van der Waals surface area contributed by atoms with Gasteiger partial charge in [-0.1, -0.05) is 11.6 Å². The summed E-state index contributed by atoms with van der Waals surface area (Å²) in [5, 5.41) is 8.14. The molecule has 2 aromatic heterocycles. The molecule has 1 atom stereocenters. The smallest absolute Gasteiger partial charge is 0.258 e. The van der Waals surface area contributed by atoms with Crippen LogP contribution in [0.1, 0.15) is 31.5 Å². The fourth-order valence-electron chi connectivity index (χ4n) is 2.79. The van der Waals surface area contributed by atoms with Crippen LogP contribution in [-0.4, -0.2) is 34.2 Å². The van der Waals surface area contributed by atoms with Crippen molar-refractivity contribution in [2.24, 2.45) is 5.73 Å². The first kappa shape index (κ1) is 13.7. The van der Waals surface area contributed by atoms with E-state index in [4.69, 9.17) is 10.3 Å². The Hall–Kier alpha value is -1.24. The van der Waals surface area contributed by atoms with Crippen LogP contribution >= 0.6 is 11.3 Å². The molecule has 0 spiro atoms. The normalized spacial score (nSPS) is 20.4. The van der Waals surface area contributed by atoms with E-state index in [-0.39, 0.29) is 0 Å². The Labute approximate surface area is 122 Å². The van der Waals surface area contributed by atoms with Gasteiger partial charge in [-0.25, -0.2) is 0 Å². The van der Waals surface area contributed by atoms with E-state index in [2.05, 4.69) is 15.0 Å². The van der Waals surface area contributed by atoms with E-state index in [1.165, 1.54) is 19.3 Å². The van der Waals surface area contributed by atoms with Gasteiger partial charge in [-0.3, -0.25) is 4.90 Å². The molecule has 2 N–H and O–H groups in total. The van der Waals surface area contributed by atoms with Crippen molar-refractivity contribution in [3.8, 4) is 11.5 Å². The molecule has 1 aliphatic heterocycles. The molecule has 1 unspecified atom stereocenters. The molecule has 2 aromatic rings. The van der Waals surface area contributed by atoms with Gasteiger partial charge < -0.3 is 10.3 Å².